The number of carbonyl (C=O) groups is 1. The Hall–Kier alpha value is -1.88. The summed E-state index contributed by atoms with van der Waals surface area (Å²) in [6.45, 7) is 7.06. The van der Waals surface area contributed by atoms with Gasteiger partial charge in [-0.3, -0.25) is 0 Å². The zero-order chi connectivity index (χ0) is 15.2. The summed E-state index contributed by atoms with van der Waals surface area (Å²) in [6, 6.07) is 7.74. The second kappa shape index (κ2) is 7.22. The van der Waals surface area contributed by atoms with Crippen LogP contribution in [0.15, 0.2) is 29.6 Å². The lowest BCUT2D eigenvalue weighted by molar-refractivity contribution is 0.0520. The summed E-state index contributed by atoms with van der Waals surface area (Å²) in [5.74, 6) is 0.960. The summed E-state index contributed by atoms with van der Waals surface area (Å²) in [7, 11) is 0. The van der Waals surface area contributed by atoms with Gasteiger partial charge in [-0.15, -0.1) is 11.3 Å². The van der Waals surface area contributed by atoms with Crippen molar-refractivity contribution in [1.29, 1.82) is 0 Å². The molecule has 0 spiro atoms. The largest absolute Gasteiger partial charge is 0.493 e. The van der Waals surface area contributed by atoms with E-state index < -0.39 is 0 Å². The molecule has 0 fully saturated rings. The molecule has 1 heterocycles. The summed E-state index contributed by atoms with van der Waals surface area (Å²) in [4.78, 5) is 15.9. The summed E-state index contributed by atoms with van der Waals surface area (Å²) in [6.07, 6.45) is 0. The highest BCUT2D eigenvalue weighted by molar-refractivity contribution is 7.13. The van der Waals surface area contributed by atoms with Crippen LogP contribution >= 0.6 is 11.3 Å². The molecule has 0 N–H and O–H groups in total. The molecule has 0 unspecified atom stereocenters. The third-order valence-corrected chi connectivity index (χ3v) is 3.56. The number of rotatable bonds is 6. The van der Waals surface area contributed by atoms with Gasteiger partial charge in [0.05, 0.1) is 13.2 Å². The normalized spacial score (nSPS) is 10.7. The van der Waals surface area contributed by atoms with E-state index in [1.165, 1.54) is 11.3 Å². The van der Waals surface area contributed by atoms with Crippen LogP contribution in [0.3, 0.4) is 0 Å². The fourth-order valence-corrected chi connectivity index (χ4v) is 2.46. The molecule has 0 aliphatic carbocycles. The molecule has 112 valence electrons. The van der Waals surface area contributed by atoms with Crippen molar-refractivity contribution in [3.63, 3.8) is 0 Å². The van der Waals surface area contributed by atoms with Crippen molar-refractivity contribution in [2.24, 2.45) is 5.92 Å². The number of nitrogens with zero attached hydrogens (tertiary/aromatic N) is 1. The Balaban J connectivity index is 2.06. The van der Waals surface area contributed by atoms with E-state index in [2.05, 4.69) is 18.8 Å². The lowest BCUT2D eigenvalue weighted by Crippen LogP contribution is -2.04. The van der Waals surface area contributed by atoms with Gasteiger partial charge in [0.2, 0.25) is 0 Å². The number of esters is 1. The van der Waals surface area contributed by atoms with Crippen molar-refractivity contribution in [1.82, 2.24) is 4.98 Å². The zero-order valence-corrected chi connectivity index (χ0v) is 13.3. The Kier molecular flexibility index (Phi) is 5.33. The minimum atomic E-state index is -0.378. The molecule has 4 nitrogen and oxygen atoms in total. The van der Waals surface area contributed by atoms with Crippen molar-refractivity contribution in [3.8, 4) is 16.3 Å². The first-order chi connectivity index (χ1) is 10.1. The molecule has 2 aromatic rings. The van der Waals surface area contributed by atoms with E-state index in [1.807, 2.05) is 24.3 Å². The minimum absolute atomic E-state index is 0.355. The Morgan fingerprint density at radius 2 is 2.00 bits per heavy atom. The van der Waals surface area contributed by atoms with Crippen LogP contribution < -0.4 is 4.74 Å². The summed E-state index contributed by atoms with van der Waals surface area (Å²) in [5, 5.41) is 2.52. The Bertz CT molecular complexity index is 590. The van der Waals surface area contributed by atoms with Gasteiger partial charge in [-0.2, -0.15) is 0 Å². The number of ether oxygens (including phenoxy) is 2. The van der Waals surface area contributed by atoms with Crippen LogP contribution in [0, 0.1) is 5.92 Å². The Morgan fingerprint density at radius 1 is 1.29 bits per heavy atom. The van der Waals surface area contributed by atoms with Crippen LogP contribution in [0.2, 0.25) is 0 Å². The Morgan fingerprint density at radius 3 is 2.62 bits per heavy atom. The SMILES string of the molecule is CCOC(=O)c1csc(-c2ccc(OCC(C)C)cc2)n1. The standard InChI is InChI=1S/C16H19NO3S/c1-4-19-16(18)14-10-21-15(17-14)12-5-7-13(8-6-12)20-9-11(2)3/h5-8,10-11H,4,9H2,1-3H3. The highest BCUT2D eigenvalue weighted by Gasteiger charge is 2.12. The maximum atomic E-state index is 11.6. The van der Waals surface area contributed by atoms with E-state index in [0.29, 0.717) is 24.8 Å². The number of carbonyl (C=O) groups excluding carboxylic acids is 1. The lowest BCUT2D eigenvalue weighted by atomic mass is 10.2. The molecule has 0 radical (unpaired) electrons. The fraction of sp³-hybridized carbons (Fsp3) is 0.375. The quantitative estimate of drug-likeness (QED) is 0.756. The van der Waals surface area contributed by atoms with Gasteiger partial charge in [-0.05, 0) is 37.1 Å². The molecule has 21 heavy (non-hydrogen) atoms. The number of hydrogen-bond acceptors (Lipinski definition) is 5. The second-order valence-corrected chi connectivity index (χ2v) is 5.85. The first kappa shape index (κ1) is 15.5. The van der Waals surface area contributed by atoms with E-state index >= 15 is 0 Å². The summed E-state index contributed by atoms with van der Waals surface area (Å²) < 4.78 is 10.6. The van der Waals surface area contributed by atoms with Crippen molar-refractivity contribution in [2.75, 3.05) is 13.2 Å². The third-order valence-electron chi connectivity index (χ3n) is 2.67. The first-order valence-corrected chi connectivity index (χ1v) is 7.84. The van der Waals surface area contributed by atoms with Gasteiger partial charge in [0, 0.05) is 10.9 Å². The van der Waals surface area contributed by atoms with E-state index in [0.717, 1.165) is 16.3 Å². The molecule has 0 saturated carbocycles. The highest BCUT2D eigenvalue weighted by Crippen LogP contribution is 2.26. The van der Waals surface area contributed by atoms with Crippen molar-refractivity contribution in [2.45, 2.75) is 20.8 Å². The summed E-state index contributed by atoms with van der Waals surface area (Å²) in [5.41, 5.74) is 1.32. The smallest absolute Gasteiger partial charge is 0.357 e. The van der Waals surface area contributed by atoms with Crippen molar-refractivity contribution in [3.05, 3.63) is 35.3 Å². The maximum absolute atomic E-state index is 11.6. The molecule has 1 aromatic heterocycles. The Labute approximate surface area is 128 Å². The molecular formula is C16H19NO3S. The molecular weight excluding hydrogens is 286 g/mol. The zero-order valence-electron chi connectivity index (χ0n) is 12.5. The van der Waals surface area contributed by atoms with E-state index in [1.54, 1.807) is 12.3 Å². The molecule has 5 heteroatoms. The van der Waals surface area contributed by atoms with E-state index in [4.69, 9.17) is 9.47 Å². The lowest BCUT2D eigenvalue weighted by Gasteiger charge is -2.08. The molecule has 0 bridgehead atoms. The minimum Gasteiger partial charge on any atom is -0.493 e. The number of benzene rings is 1. The number of thiazole rings is 1. The van der Waals surface area contributed by atoms with Gasteiger partial charge >= 0.3 is 5.97 Å². The van der Waals surface area contributed by atoms with Crippen LogP contribution in [0.4, 0.5) is 0 Å². The number of aromatic nitrogens is 1. The highest BCUT2D eigenvalue weighted by atomic mass is 32.1. The third kappa shape index (κ3) is 4.29. The molecule has 1 aromatic carbocycles. The van der Waals surface area contributed by atoms with Gasteiger partial charge in [0.1, 0.15) is 10.8 Å². The monoisotopic (exact) mass is 305 g/mol. The topological polar surface area (TPSA) is 48.4 Å². The van der Waals surface area contributed by atoms with Crippen LogP contribution in [0.5, 0.6) is 5.75 Å². The molecule has 2 rings (SSSR count). The average molecular weight is 305 g/mol. The van der Waals surface area contributed by atoms with E-state index in [9.17, 15) is 4.79 Å². The first-order valence-electron chi connectivity index (χ1n) is 6.96. The van der Waals surface area contributed by atoms with Crippen molar-refractivity contribution < 1.29 is 14.3 Å². The van der Waals surface area contributed by atoms with Gasteiger partial charge in [-0.1, -0.05) is 13.8 Å². The van der Waals surface area contributed by atoms with Crippen LogP contribution in [-0.2, 0) is 4.74 Å². The summed E-state index contributed by atoms with van der Waals surface area (Å²) >= 11 is 1.43. The van der Waals surface area contributed by atoms with Crippen LogP contribution in [0.25, 0.3) is 10.6 Å². The second-order valence-electron chi connectivity index (χ2n) is 4.99. The fourth-order valence-electron chi connectivity index (χ4n) is 1.66. The maximum Gasteiger partial charge on any atom is 0.357 e. The molecule has 0 aliphatic rings. The van der Waals surface area contributed by atoms with Crippen molar-refractivity contribution >= 4 is 17.3 Å². The van der Waals surface area contributed by atoms with Gasteiger partial charge in [0.25, 0.3) is 0 Å². The molecule has 0 aliphatic heterocycles. The van der Waals surface area contributed by atoms with Gasteiger partial charge < -0.3 is 9.47 Å². The molecule has 0 saturated heterocycles. The van der Waals surface area contributed by atoms with Crippen LogP contribution in [-0.4, -0.2) is 24.2 Å². The molecule has 0 amide bonds. The number of hydrogen-bond donors (Lipinski definition) is 0. The molecule has 0 atom stereocenters. The van der Waals surface area contributed by atoms with E-state index in [-0.39, 0.29) is 5.97 Å². The predicted molar refractivity (Wildman–Crippen MR) is 83.8 cm³/mol. The van der Waals surface area contributed by atoms with Gasteiger partial charge in [-0.25, -0.2) is 9.78 Å². The average Bonchev–Trinajstić information content (AvgIpc) is 2.96. The van der Waals surface area contributed by atoms with Gasteiger partial charge in [0.15, 0.2) is 5.69 Å². The van der Waals surface area contributed by atoms with Crippen LogP contribution in [0.1, 0.15) is 31.3 Å². The predicted octanol–water partition coefficient (Wildman–Crippen LogP) is 4.02.